The molecule has 0 aromatic heterocycles. The summed E-state index contributed by atoms with van der Waals surface area (Å²) in [6.45, 7) is 9.39. The van der Waals surface area contributed by atoms with Gasteiger partial charge in [0.25, 0.3) is 0 Å². The molecule has 0 bridgehead atoms. The van der Waals surface area contributed by atoms with Crippen LogP contribution in [0.15, 0.2) is 12.2 Å². The van der Waals surface area contributed by atoms with Crippen molar-refractivity contribution >= 4 is 48.8 Å². The third kappa shape index (κ3) is 7.11. The number of carbonyl (C=O) groups excluding carboxylic acids is 4. The number of hydrogen-bond acceptors (Lipinski definition) is 10. The maximum absolute atomic E-state index is 12.3. The minimum Gasteiger partial charge on any atom is -0.456 e. The standard InChI is InChI=1S/C20H34N2O6S2/c1-17(2,3)19(21,11-29)15(25)27-9-13(23)7-8-14(24)10-28-16(26)20(22,12-30)18(4,5)6/h7-8,29-30H,9-12,21-22H2,1-6H3/b8-7-/t19-,20-/m1/s1. The average Bonchev–Trinajstić information content (AvgIpc) is 2.64. The Hall–Kier alpha value is -1.36. The Morgan fingerprint density at radius 1 is 0.700 bits per heavy atom. The highest BCUT2D eigenvalue weighted by Crippen LogP contribution is 2.31. The highest BCUT2D eigenvalue weighted by Gasteiger charge is 2.46. The number of hydrogen-bond donors (Lipinski definition) is 4. The molecule has 0 fully saturated rings. The molecule has 0 heterocycles. The van der Waals surface area contributed by atoms with E-state index in [4.69, 9.17) is 20.9 Å². The Kier molecular flexibility index (Phi) is 10.3. The van der Waals surface area contributed by atoms with Gasteiger partial charge in [-0.05, 0) is 23.0 Å². The maximum Gasteiger partial charge on any atom is 0.327 e. The van der Waals surface area contributed by atoms with Crippen LogP contribution in [0.1, 0.15) is 41.5 Å². The number of rotatable bonds is 10. The van der Waals surface area contributed by atoms with Gasteiger partial charge in [-0.25, -0.2) is 9.59 Å². The third-order valence-electron chi connectivity index (χ3n) is 5.05. The van der Waals surface area contributed by atoms with Crippen molar-refractivity contribution < 1.29 is 28.7 Å². The van der Waals surface area contributed by atoms with Gasteiger partial charge in [-0.1, -0.05) is 41.5 Å². The van der Waals surface area contributed by atoms with Gasteiger partial charge < -0.3 is 20.9 Å². The van der Waals surface area contributed by atoms with Gasteiger partial charge in [0.05, 0.1) is 0 Å². The second-order valence-electron chi connectivity index (χ2n) is 9.18. The fourth-order valence-corrected chi connectivity index (χ4v) is 3.24. The van der Waals surface area contributed by atoms with E-state index >= 15 is 0 Å². The molecule has 0 aliphatic carbocycles. The molecule has 0 saturated heterocycles. The summed E-state index contributed by atoms with van der Waals surface area (Å²) >= 11 is 8.21. The molecule has 8 nitrogen and oxygen atoms in total. The van der Waals surface area contributed by atoms with Crippen LogP contribution in [0.25, 0.3) is 0 Å². The molecule has 0 amide bonds. The summed E-state index contributed by atoms with van der Waals surface area (Å²) in [6.07, 6.45) is 1.88. The number of ether oxygens (including phenoxy) is 2. The molecular formula is C20H34N2O6S2. The quantitative estimate of drug-likeness (QED) is 0.215. The van der Waals surface area contributed by atoms with E-state index in [9.17, 15) is 19.2 Å². The van der Waals surface area contributed by atoms with Gasteiger partial charge in [0.15, 0.2) is 24.8 Å². The van der Waals surface area contributed by atoms with Gasteiger partial charge in [-0.15, -0.1) is 0 Å². The zero-order chi connectivity index (χ0) is 24.0. The summed E-state index contributed by atoms with van der Waals surface area (Å²) < 4.78 is 9.96. The smallest absolute Gasteiger partial charge is 0.327 e. The van der Waals surface area contributed by atoms with Crippen LogP contribution in [0, 0.1) is 10.8 Å². The lowest BCUT2D eigenvalue weighted by Crippen LogP contribution is -2.60. The second kappa shape index (κ2) is 10.8. The predicted octanol–water partition coefficient (Wildman–Crippen LogP) is 1.11. The lowest BCUT2D eigenvalue weighted by atomic mass is 9.75. The molecule has 10 heteroatoms. The van der Waals surface area contributed by atoms with Crippen molar-refractivity contribution in [2.75, 3.05) is 24.7 Å². The lowest BCUT2D eigenvalue weighted by Gasteiger charge is -2.37. The van der Waals surface area contributed by atoms with Gasteiger partial charge >= 0.3 is 11.9 Å². The number of nitrogens with two attached hydrogens (primary N) is 2. The van der Waals surface area contributed by atoms with E-state index in [-0.39, 0.29) is 11.5 Å². The Balaban J connectivity index is 4.76. The Bertz CT molecular complexity index is 638. The van der Waals surface area contributed by atoms with E-state index in [0.717, 1.165) is 12.2 Å². The normalized spacial score (nSPS) is 16.5. The van der Waals surface area contributed by atoms with E-state index in [0.29, 0.717) is 0 Å². The first-order valence-electron chi connectivity index (χ1n) is 9.34. The van der Waals surface area contributed by atoms with E-state index in [1.165, 1.54) is 0 Å². The molecule has 0 unspecified atom stereocenters. The van der Waals surface area contributed by atoms with Crippen LogP contribution in [0.2, 0.25) is 0 Å². The van der Waals surface area contributed by atoms with Gasteiger partial charge in [-0.3, -0.25) is 9.59 Å². The van der Waals surface area contributed by atoms with E-state index in [1.807, 2.05) is 0 Å². The maximum atomic E-state index is 12.3. The highest BCUT2D eigenvalue weighted by molar-refractivity contribution is 7.80. The van der Waals surface area contributed by atoms with Gasteiger partial charge in [0, 0.05) is 11.5 Å². The van der Waals surface area contributed by atoms with Gasteiger partial charge in [0.2, 0.25) is 0 Å². The summed E-state index contributed by atoms with van der Waals surface area (Å²) in [7, 11) is 0. The Labute approximate surface area is 189 Å². The monoisotopic (exact) mass is 462 g/mol. The molecule has 0 aliphatic heterocycles. The van der Waals surface area contributed by atoms with E-state index in [2.05, 4.69) is 25.3 Å². The summed E-state index contributed by atoms with van der Waals surface area (Å²) in [4.78, 5) is 48.3. The van der Waals surface area contributed by atoms with Crippen molar-refractivity contribution in [3.05, 3.63) is 12.2 Å². The minimum absolute atomic E-state index is 0.0344. The molecule has 4 N–H and O–H groups in total. The van der Waals surface area contributed by atoms with Crippen LogP contribution >= 0.6 is 25.3 Å². The molecule has 0 aromatic carbocycles. The van der Waals surface area contributed by atoms with Crippen LogP contribution in [0.5, 0.6) is 0 Å². The molecule has 0 aliphatic rings. The topological polar surface area (TPSA) is 139 Å². The predicted molar refractivity (Wildman–Crippen MR) is 122 cm³/mol. The first-order chi connectivity index (χ1) is 13.5. The van der Waals surface area contributed by atoms with Crippen molar-refractivity contribution in [1.82, 2.24) is 0 Å². The number of thiol groups is 2. The number of carbonyl (C=O) groups is 4. The molecule has 0 saturated carbocycles. The van der Waals surface area contributed by atoms with Crippen molar-refractivity contribution in [3.63, 3.8) is 0 Å². The van der Waals surface area contributed by atoms with E-state index in [1.54, 1.807) is 41.5 Å². The summed E-state index contributed by atoms with van der Waals surface area (Å²) in [6, 6.07) is 0. The van der Waals surface area contributed by atoms with E-state index < -0.39 is 58.6 Å². The third-order valence-corrected chi connectivity index (χ3v) is 6.05. The fraction of sp³-hybridized carbons (Fsp3) is 0.700. The first-order valence-corrected chi connectivity index (χ1v) is 10.6. The molecule has 2 atom stereocenters. The summed E-state index contributed by atoms with van der Waals surface area (Å²) in [5.74, 6) is -2.71. The zero-order valence-corrected chi connectivity index (χ0v) is 20.3. The van der Waals surface area contributed by atoms with Crippen LogP contribution < -0.4 is 11.5 Å². The fourth-order valence-electron chi connectivity index (χ4n) is 2.03. The molecule has 172 valence electrons. The lowest BCUT2D eigenvalue weighted by molar-refractivity contribution is -0.156. The minimum atomic E-state index is -1.38. The number of ketones is 2. The molecule has 0 spiro atoms. The van der Waals surface area contributed by atoms with Crippen LogP contribution in [0.4, 0.5) is 0 Å². The summed E-state index contributed by atoms with van der Waals surface area (Å²) in [5.41, 5.74) is 8.12. The van der Waals surface area contributed by atoms with Crippen LogP contribution in [-0.2, 0) is 28.7 Å². The SMILES string of the molecule is CC(C)(C)[C@@](N)(CS)C(=O)OCC(=O)/C=C\C(=O)COC(=O)[C@](N)(CS)C(C)(C)C. The Morgan fingerprint density at radius 3 is 1.17 bits per heavy atom. The molecule has 30 heavy (non-hydrogen) atoms. The van der Waals surface area contributed by atoms with Crippen molar-refractivity contribution in [3.8, 4) is 0 Å². The number of esters is 2. The molecule has 0 rings (SSSR count). The van der Waals surface area contributed by atoms with Crippen molar-refractivity contribution in [2.24, 2.45) is 22.3 Å². The Morgan fingerprint density at radius 2 is 0.967 bits per heavy atom. The highest BCUT2D eigenvalue weighted by atomic mass is 32.1. The first kappa shape index (κ1) is 28.6. The largest absolute Gasteiger partial charge is 0.456 e. The zero-order valence-electron chi connectivity index (χ0n) is 18.5. The molecule has 0 radical (unpaired) electrons. The molecule has 0 aromatic rings. The van der Waals surface area contributed by atoms with Crippen LogP contribution in [-0.4, -0.2) is 59.3 Å². The van der Waals surface area contributed by atoms with Crippen LogP contribution in [0.3, 0.4) is 0 Å². The van der Waals surface area contributed by atoms with Crippen molar-refractivity contribution in [1.29, 1.82) is 0 Å². The second-order valence-corrected chi connectivity index (χ2v) is 9.81. The summed E-state index contributed by atoms with van der Waals surface area (Å²) in [5, 5.41) is 0. The average molecular weight is 463 g/mol. The van der Waals surface area contributed by atoms with Gasteiger partial charge in [0.1, 0.15) is 11.1 Å². The van der Waals surface area contributed by atoms with Gasteiger partial charge in [-0.2, -0.15) is 25.3 Å². The molecular weight excluding hydrogens is 428 g/mol. The van der Waals surface area contributed by atoms with Crippen molar-refractivity contribution in [2.45, 2.75) is 52.6 Å².